The second-order valence-corrected chi connectivity index (χ2v) is 5.75. The first kappa shape index (κ1) is 14.6. The molecule has 4 nitrogen and oxygen atoms in total. The first-order chi connectivity index (χ1) is 7.00. The van der Waals surface area contributed by atoms with Crippen molar-refractivity contribution >= 4 is 10.0 Å². The van der Waals surface area contributed by atoms with Crippen molar-refractivity contribution in [3.05, 3.63) is 12.7 Å². The van der Waals surface area contributed by atoms with Crippen LogP contribution in [0.1, 0.15) is 20.8 Å². The lowest BCUT2D eigenvalue weighted by atomic mass is 10.5. The summed E-state index contributed by atoms with van der Waals surface area (Å²) < 4.78 is 25.4. The van der Waals surface area contributed by atoms with Crippen LogP contribution in [0.15, 0.2) is 12.7 Å². The molecule has 0 saturated heterocycles. The van der Waals surface area contributed by atoms with E-state index in [4.69, 9.17) is 0 Å². The lowest BCUT2D eigenvalue weighted by Gasteiger charge is -2.23. The number of nitrogens with zero attached hydrogens (tertiary/aromatic N) is 1. The van der Waals surface area contributed by atoms with E-state index in [0.29, 0.717) is 19.6 Å². The van der Waals surface area contributed by atoms with Gasteiger partial charge in [-0.05, 0) is 13.5 Å². The predicted molar refractivity (Wildman–Crippen MR) is 64.4 cm³/mol. The highest BCUT2D eigenvalue weighted by molar-refractivity contribution is 7.89. The Morgan fingerprint density at radius 1 is 1.47 bits per heavy atom. The summed E-state index contributed by atoms with van der Waals surface area (Å²) in [7, 11) is -3.19. The van der Waals surface area contributed by atoms with Crippen LogP contribution in [-0.2, 0) is 10.0 Å². The Morgan fingerprint density at radius 2 is 2.07 bits per heavy atom. The van der Waals surface area contributed by atoms with E-state index in [-0.39, 0.29) is 0 Å². The fraction of sp³-hybridized carbons (Fsp3) is 0.800. The van der Waals surface area contributed by atoms with Gasteiger partial charge in [-0.15, -0.1) is 6.58 Å². The highest BCUT2D eigenvalue weighted by atomic mass is 32.2. The lowest BCUT2D eigenvalue weighted by Crippen LogP contribution is -2.42. The number of likely N-dealkylation sites (N-methyl/N-ethyl adjacent to an activating group) is 1. The third-order valence-electron chi connectivity index (χ3n) is 2.24. The Morgan fingerprint density at radius 3 is 2.47 bits per heavy atom. The molecule has 0 saturated carbocycles. The fourth-order valence-electron chi connectivity index (χ4n) is 1.26. The quantitative estimate of drug-likeness (QED) is 0.633. The zero-order chi connectivity index (χ0) is 11.9. The minimum atomic E-state index is -3.19. The van der Waals surface area contributed by atoms with E-state index in [9.17, 15) is 8.42 Å². The summed E-state index contributed by atoms with van der Waals surface area (Å²) in [4.78, 5) is 0. The van der Waals surface area contributed by atoms with Crippen LogP contribution < -0.4 is 5.32 Å². The van der Waals surface area contributed by atoms with Gasteiger partial charge in [0.2, 0.25) is 10.0 Å². The molecule has 15 heavy (non-hydrogen) atoms. The van der Waals surface area contributed by atoms with Crippen molar-refractivity contribution in [1.29, 1.82) is 0 Å². The normalized spacial score (nSPS) is 14.1. The van der Waals surface area contributed by atoms with Crippen LogP contribution in [0, 0.1) is 0 Å². The molecule has 0 spiro atoms. The molecule has 0 aromatic carbocycles. The van der Waals surface area contributed by atoms with E-state index in [2.05, 4.69) is 11.9 Å². The van der Waals surface area contributed by atoms with Crippen LogP contribution in [0.2, 0.25) is 0 Å². The van der Waals surface area contributed by atoms with Crippen LogP contribution >= 0.6 is 0 Å². The minimum absolute atomic E-state index is 0.384. The second kappa shape index (κ2) is 6.98. The summed E-state index contributed by atoms with van der Waals surface area (Å²) in [5, 5.41) is 2.65. The average Bonchev–Trinajstić information content (AvgIpc) is 2.21. The number of rotatable bonds is 8. The van der Waals surface area contributed by atoms with Gasteiger partial charge < -0.3 is 5.32 Å². The van der Waals surface area contributed by atoms with Crippen molar-refractivity contribution in [2.24, 2.45) is 0 Å². The average molecular weight is 234 g/mol. The van der Waals surface area contributed by atoms with E-state index in [1.807, 2.05) is 13.8 Å². The third kappa shape index (κ3) is 4.32. The maximum absolute atomic E-state index is 12.0. The Bertz CT molecular complexity index is 275. The smallest absolute Gasteiger partial charge is 0.218 e. The van der Waals surface area contributed by atoms with E-state index in [1.165, 1.54) is 4.31 Å². The summed E-state index contributed by atoms with van der Waals surface area (Å²) in [5.74, 6) is 0. The summed E-state index contributed by atoms with van der Waals surface area (Å²) >= 11 is 0. The molecule has 1 atom stereocenters. The SMILES string of the molecule is C=CCN(CC)S(=O)(=O)C(C)CNCC. The van der Waals surface area contributed by atoms with Gasteiger partial charge in [-0.3, -0.25) is 0 Å². The van der Waals surface area contributed by atoms with E-state index < -0.39 is 15.3 Å². The van der Waals surface area contributed by atoms with Crippen LogP contribution in [0.3, 0.4) is 0 Å². The van der Waals surface area contributed by atoms with Crippen molar-refractivity contribution in [1.82, 2.24) is 9.62 Å². The topological polar surface area (TPSA) is 49.4 Å². The van der Waals surface area contributed by atoms with Gasteiger partial charge in [0, 0.05) is 19.6 Å². The summed E-state index contributed by atoms with van der Waals surface area (Å²) in [6, 6.07) is 0. The number of sulfonamides is 1. The monoisotopic (exact) mass is 234 g/mol. The Labute approximate surface area is 93.4 Å². The number of hydrogen-bond acceptors (Lipinski definition) is 3. The van der Waals surface area contributed by atoms with Gasteiger partial charge in [-0.1, -0.05) is 19.9 Å². The molecule has 0 amide bonds. The summed E-state index contributed by atoms with van der Waals surface area (Å²) in [5.41, 5.74) is 0. The highest BCUT2D eigenvalue weighted by Gasteiger charge is 2.26. The summed E-state index contributed by atoms with van der Waals surface area (Å²) in [6.07, 6.45) is 1.61. The molecule has 0 aliphatic carbocycles. The van der Waals surface area contributed by atoms with Crippen molar-refractivity contribution in [3.63, 3.8) is 0 Å². The molecule has 0 bridgehead atoms. The first-order valence-electron chi connectivity index (χ1n) is 5.31. The molecule has 0 heterocycles. The van der Waals surface area contributed by atoms with E-state index >= 15 is 0 Å². The van der Waals surface area contributed by atoms with Gasteiger partial charge in [0.25, 0.3) is 0 Å². The highest BCUT2D eigenvalue weighted by Crippen LogP contribution is 2.08. The van der Waals surface area contributed by atoms with Crippen molar-refractivity contribution in [2.75, 3.05) is 26.2 Å². The Hall–Kier alpha value is -0.390. The number of nitrogens with one attached hydrogen (secondary N) is 1. The third-order valence-corrected chi connectivity index (χ3v) is 4.55. The molecule has 0 aromatic heterocycles. The maximum Gasteiger partial charge on any atom is 0.218 e. The molecule has 0 fully saturated rings. The number of hydrogen-bond donors (Lipinski definition) is 1. The van der Waals surface area contributed by atoms with Crippen LogP contribution in [-0.4, -0.2) is 44.2 Å². The lowest BCUT2D eigenvalue weighted by molar-refractivity contribution is 0.448. The molecular weight excluding hydrogens is 212 g/mol. The molecule has 1 N–H and O–H groups in total. The van der Waals surface area contributed by atoms with Gasteiger partial charge in [0.1, 0.15) is 0 Å². The summed E-state index contributed by atoms with van der Waals surface area (Å²) in [6.45, 7) is 11.2. The molecule has 0 aromatic rings. The van der Waals surface area contributed by atoms with Gasteiger partial charge in [-0.25, -0.2) is 8.42 Å². The van der Waals surface area contributed by atoms with Crippen molar-refractivity contribution < 1.29 is 8.42 Å². The molecule has 1 unspecified atom stereocenters. The minimum Gasteiger partial charge on any atom is -0.316 e. The van der Waals surface area contributed by atoms with Crippen LogP contribution in [0.4, 0.5) is 0 Å². The van der Waals surface area contributed by atoms with Crippen LogP contribution in [0.5, 0.6) is 0 Å². The fourth-order valence-corrected chi connectivity index (χ4v) is 2.77. The van der Waals surface area contributed by atoms with Gasteiger partial charge in [0.05, 0.1) is 5.25 Å². The van der Waals surface area contributed by atoms with E-state index in [1.54, 1.807) is 13.0 Å². The first-order valence-corrected chi connectivity index (χ1v) is 6.81. The zero-order valence-corrected chi connectivity index (χ0v) is 10.7. The molecule has 0 aliphatic rings. The zero-order valence-electron chi connectivity index (χ0n) is 9.86. The van der Waals surface area contributed by atoms with Crippen molar-refractivity contribution in [2.45, 2.75) is 26.0 Å². The molecule has 5 heteroatoms. The predicted octanol–water partition coefficient (Wildman–Crippen LogP) is 0.822. The molecule has 0 radical (unpaired) electrons. The Kier molecular flexibility index (Phi) is 6.80. The van der Waals surface area contributed by atoms with Gasteiger partial charge >= 0.3 is 0 Å². The maximum atomic E-state index is 12.0. The van der Waals surface area contributed by atoms with Crippen LogP contribution in [0.25, 0.3) is 0 Å². The molecule has 0 aliphatic heterocycles. The Balaban J connectivity index is 4.54. The van der Waals surface area contributed by atoms with Gasteiger partial charge in [-0.2, -0.15) is 4.31 Å². The van der Waals surface area contributed by atoms with Crippen molar-refractivity contribution in [3.8, 4) is 0 Å². The van der Waals surface area contributed by atoms with Gasteiger partial charge in [0.15, 0.2) is 0 Å². The molecule has 90 valence electrons. The molecule has 0 rings (SSSR count). The second-order valence-electron chi connectivity index (χ2n) is 3.40. The standard InChI is InChI=1S/C10H22N2O2S/c1-5-8-12(7-3)15(13,14)10(4)9-11-6-2/h5,10-11H,1,6-9H2,2-4H3. The molecular formula is C10H22N2O2S. The largest absolute Gasteiger partial charge is 0.316 e. The van der Waals surface area contributed by atoms with E-state index in [0.717, 1.165) is 6.54 Å².